The van der Waals surface area contributed by atoms with Gasteiger partial charge in [-0.3, -0.25) is 29.2 Å². The highest BCUT2D eigenvalue weighted by atomic mass is 35.5. The zero-order valence-corrected chi connectivity index (χ0v) is 24.6. The summed E-state index contributed by atoms with van der Waals surface area (Å²) in [4.78, 5) is 59.4. The summed E-state index contributed by atoms with van der Waals surface area (Å²) in [7, 11) is 1.43. The van der Waals surface area contributed by atoms with Crippen molar-refractivity contribution in [3.05, 3.63) is 82.5 Å². The van der Waals surface area contributed by atoms with E-state index in [1.54, 1.807) is 54.6 Å². The lowest BCUT2D eigenvalue weighted by molar-refractivity contribution is -0.175. The van der Waals surface area contributed by atoms with E-state index < -0.39 is 53.7 Å². The first-order valence-electron chi connectivity index (χ1n) is 13.2. The monoisotopic (exact) mass is 619 g/mol. The molecule has 0 fully saturated rings. The molecule has 0 saturated heterocycles. The number of alkyl halides is 3. The van der Waals surface area contributed by atoms with Crippen LogP contribution in [0.5, 0.6) is 0 Å². The second kappa shape index (κ2) is 16.4. The second-order valence-corrected chi connectivity index (χ2v) is 10.3. The number of carbonyl (C=O) groups excluding carboxylic acids is 4. The normalized spacial score (nSPS) is 14.1. The van der Waals surface area contributed by atoms with Gasteiger partial charge in [0.1, 0.15) is 12.1 Å². The maximum atomic E-state index is 13.6. The molecule has 0 aliphatic carbocycles. The number of benzene rings is 2. The van der Waals surface area contributed by atoms with Gasteiger partial charge in [-0.15, -0.1) is 0 Å². The van der Waals surface area contributed by atoms with Gasteiger partial charge in [-0.2, -0.15) is 13.2 Å². The number of hydrogen-bond donors (Lipinski definition) is 3. The fraction of sp³-hybridized carbons (Fsp3) is 0.333. The molecule has 230 valence electrons. The van der Waals surface area contributed by atoms with Crippen LogP contribution in [0.15, 0.2) is 76.4 Å². The highest BCUT2D eigenvalue weighted by Crippen LogP contribution is 2.21. The first kappa shape index (κ1) is 34.9. The van der Waals surface area contributed by atoms with Crippen LogP contribution in [0.4, 0.5) is 13.2 Å². The Bertz CT molecular complexity index is 1360. The molecule has 2 aromatic rings. The second-order valence-electron chi connectivity index (χ2n) is 9.86. The van der Waals surface area contributed by atoms with E-state index in [4.69, 9.17) is 11.6 Å². The van der Waals surface area contributed by atoms with Gasteiger partial charge in [-0.25, -0.2) is 0 Å². The Balaban J connectivity index is 2.44. The van der Waals surface area contributed by atoms with Crippen LogP contribution in [0.25, 0.3) is 0 Å². The molecule has 0 unspecified atom stereocenters. The van der Waals surface area contributed by atoms with Crippen molar-refractivity contribution in [1.29, 1.82) is 0 Å². The molecule has 3 atom stereocenters. The van der Waals surface area contributed by atoms with Crippen LogP contribution >= 0.6 is 11.6 Å². The van der Waals surface area contributed by atoms with Gasteiger partial charge in [0.2, 0.25) is 11.8 Å². The number of nitrogens with zero attached hydrogens (tertiary/aromatic N) is 2. The summed E-state index contributed by atoms with van der Waals surface area (Å²) >= 11 is 6.10. The van der Waals surface area contributed by atoms with Crippen molar-refractivity contribution in [1.82, 2.24) is 16.0 Å². The molecule has 0 heterocycles. The third kappa shape index (κ3) is 11.1. The molecule has 3 amide bonds. The summed E-state index contributed by atoms with van der Waals surface area (Å²) in [6.07, 6.45) is -2.99. The summed E-state index contributed by atoms with van der Waals surface area (Å²) in [5, 5.41) is 7.68. The van der Waals surface area contributed by atoms with E-state index in [0.29, 0.717) is 16.1 Å². The van der Waals surface area contributed by atoms with Crippen molar-refractivity contribution >= 4 is 48.0 Å². The molecular formula is C30H33ClF3N5O4. The number of nitrogens with one attached hydrogen (secondary N) is 3. The van der Waals surface area contributed by atoms with Gasteiger partial charge < -0.3 is 16.0 Å². The van der Waals surface area contributed by atoms with Crippen LogP contribution in [-0.2, 0) is 32.0 Å². The van der Waals surface area contributed by atoms with Crippen molar-refractivity contribution in [2.45, 2.75) is 51.0 Å². The third-order valence-corrected chi connectivity index (χ3v) is 6.39. The summed E-state index contributed by atoms with van der Waals surface area (Å²) < 4.78 is 39.8. The molecule has 0 bridgehead atoms. The number of amides is 3. The molecule has 3 N–H and O–H groups in total. The molecule has 0 aromatic heterocycles. The van der Waals surface area contributed by atoms with Crippen molar-refractivity contribution in [2.75, 3.05) is 7.05 Å². The Labute approximate surface area is 252 Å². The highest BCUT2D eigenvalue weighted by Gasteiger charge is 2.45. The average molecular weight is 620 g/mol. The lowest BCUT2D eigenvalue weighted by Gasteiger charge is -2.27. The van der Waals surface area contributed by atoms with Crippen LogP contribution in [0.1, 0.15) is 25.0 Å². The minimum Gasteiger partial charge on any atom is -0.344 e. The molecule has 0 aliphatic rings. The molecule has 0 radical (unpaired) electrons. The number of carbonyl (C=O) groups is 4. The number of Topliss-reactive ketones (excluding diaryl/α,β-unsaturated/α-hetero) is 1. The van der Waals surface area contributed by atoms with Gasteiger partial charge >= 0.3 is 6.18 Å². The lowest BCUT2D eigenvalue weighted by Crippen LogP contribution is -2.58. The van der Waals surface area contributed by atoms with Crippen molar-refractivity contribution in [2.24, 2.45) is 15.9 Å². The maximum Gasteiger partial charge on any atom is 0.452 e. The van der Waals surface area contributed by atoms with Gasteiger partial charge in [0.05, 0.1) is 11.6 Å². The molecule has 9 nitrogen and oxygen atoms in total. The number of ketones is 1. The molecule has 2 aromatic carbocycles. The molecule has 13 heteroatoms. The number of hydrogen-bond acceptors (Lipinski definition) is 6. The van der Waals surface area contributed by atoms with Crippen molar-refractivity contribution in [3.63, 3.8) is 0 Å². The molecule has 0 saturated carbocycles. The molecule has 2 rings (SSSR count). The van der Waals surface area contributed by atoms with Crippen molar-refractivity contribution in [3.8, 4) is 0 Å². The van der Waals surface area contributed by atoms with E-state index in [0.717, 1.165) is 6.20 Å². The van der Waals surface area contributed by atoms with E-state index in [1.807, 2.05) is 0 Å². The van der Waals surface area contributed by atoms with E-state index >= 15 is 0 Å². The summed E-state index contributed by atoms with van der Waals surface area (Å²) in [6.45, 7) is 6.04. The number of aliphatic imine (C=N–C) groups is 2. The molecule has 43 heavy (non-hydrogen) atoms. The first-order chi connectivity index (χ1) is 20.3. The third-order valence-electron chi connectivity index (χ3n) is 6.15. The van der Waals surface area contributed by atoms with E-state index in [9.17, 15) is 32.3 Å². The van der Waals surface area contributed by atoms with E-state index in [2.05, 4.69) is 32.7 Å². The van der Waals surface area contributed by atoms with Crippen molar-refractivity contribution < 1.29 is 32.3 Å². The topological polar surface area (TPSA) is 129 Å². The SMILES string of the molecule is C=N/C=C(\C=N/C)C(=O)N[C@@H](Cc1cccc(Cl)c1)C(=O)N[C@@H](Cc1ccccc1)C(=O)N[C@H](C(=O)C(F)(F)F)C(C)C. The minimum atomic E-state index is -5.18. The van der Waals surface area contributed by atoms with Gasteiger partial charge in [0.25, 0.3) is 11.7 Å². The summed E-state index contributed by atoms with van der Waals surface area (Å²) in [5.74, 6) is -5.55. The van der Waals surface area contributed by atoms with Crippen LogP contribution in [0.2, 0.25) is 5.02 Å². The number of rotatable bonds is 14. The molecule has 0 aliphatic heterocycles. The zero-order chi connectivity index (χ0) is 32.2. The minimum absolute atomic E-state index is 0.00888. The molecular weight excluding hydrogens is 587 g/mol. The number of halogens is 4. The van der Waals surface area contributed by atoms with Gasteiger partial charge in [0.15, 0.2) is 0 Å². The van der Waals surface area contributed by atoms with Crippen LogP contribution in [0.3, 0.4) is 0 Å². The van der Waals surface area contributed by atoms with Gasteiger partial charge in [-0.05, 0) is 35.9 Å². The Hall–Kier alpha value is -4.32. The fourth-order valence-electron chi connectivity index (χ4n) is 4.04. The highest BCUT2D eigenvalue weighted by molar-refractivity contribution is 6.30. The lowest BCUT2D eigenvalue weighted by atomic mass is 9.97. The van der Waals surface area contributed by atoms with E-state index in [-0.39, 0.29) is 18.4 Å². The Morgan fingerprint density at radius 3 is 2.05 bits per heavy atom. The zero-order valence-electron chi connectivity index (χ0n) is 23.8. The Kier molecular flexibility index (Phi) is 13.3. The first-order valence-corrected chi connectivity index (χ1v) is 13.5. The Morgan fingerprint density at radius 2 is 1.49 bits per heavy atom. The van der Waals surface area contributed by atoms with Crippen LogP contribution < -0.4 is 16.0 Å². The Morgan fingerprint density at radius 1 is 0.907 bits per heavy atom. The summed E-state index contributed by atoms with van der Waals surface area (Å²) in [6, 6.07) is 10.4. The van der Waals surface area contributed by atoms with Gasteiger partial charge in [0, 0.05) is 37.3 Å². The van der Waals surface area contributed by atoms with Gasteiger partial charge in [-0.1, -0.05) is 67.9 Å². The predicted octanol–water partition coefficient (Wildman–Crippen LogP) is 3.65. The largest absolute Gasteiger partial charge is 0.452 e. The fourth-order valence-corrected chi connectivity index (χ4v) is 4.25. The standard InChI is InChI=1S/C30H33ClF3N5O4/c1-18(2)25(26(40)30(32,33)34)39-29(43)23(14-19-9-6-5-7-10-19)38-28(42)24(15-20-11-8-12-22(31)13-20)37-27(41)21(16-35-3)17-36-4/h5-13,16-18,23-25H,3,14-15H2,1-2,4H3,(H,37,41)(H,38,42)(H,39,43)/b21-16+,36-17-/t23-,24-,25-/m0/s1. The van der Waals surface area contributed by atoms with Crippen LogP contribution in [0, 0.1) is 5.92 Å². The smallest absolute Gasteiger partial charge is 0.344 e. The quantitative estimate of drug-likeness (QED) is 0.220. The summed E-state index contributed by atoms with van der Waals surface area (Å²) in [5.41, 5.74) is 1.15. The maximum absolute atomic E-state index is 13.6. The average Bonchev–Trinajstić information content (AvgIpc) is 2.94. The predicted molar refractivity (Wildman–Crippen MR) is 159 cm³/mol. The molecule has 0 spiro atoms. The van der Waals surface area contributed by atoms with Crippen LogP contribution in [-0.4, -0.2) is 67.8 Å². The van der Waals surface area contributed by atoms with E-state index in [1.165, 1.54) is 27.1 Å².